The Kier molecular flexibility index (Phi) is 5.42. The molecule has 3 unspecified atom stereocenters. The summed E-state index contributed by atoms with van der Waals surface area (Å²) in [6.45, 7) is 11.6. The second kappa shape index (κ2) is 6.85. The molecule has 0 radical (unpaired) electrons. The zero-order valence-electron chi connectivity index (χ0n) is 11.8. The minimum absolute atomic E-state index is 0.0920. The first kappa shape index (κ1) is 14.3. The minimum Gasteiger partial charge on any atom is -0.393 e. The Morgan fingerprint density at radius 1 is 1.17 bits per heavy atom. The van der Waals surface area contributed by atoms with Gasteiger partial charge in [0, 0.05) is 32.7 Å². The van der Waals surface area contributed by atoms with E-state index in [0.717, 1.165) is 58.7 Å². The fraction of sp³-hybridized carbons (Fsp3) is 1.00. The molecule has 0 aromatic carbocycles. The van der Waals surface area contributed by atoms with Gasteiger partial charge in [0.25, 0.3) is 0 Å². The van der Waals surface area contributed by atoms with Crippen molar-refractivity contribution in [1.82, 2.24) is 9.80 Å². The highest BCUT2D eigenvalue weighted by atomic mass is 16.5. The van der Waals surface area contributed by atoms with Crippen LogP contribution >= 0.6 is 0 Å². The van der Waals surface area contributed by atoms with Crippen molar-refractivity contribution >= 4 is 0 Å². The zero-order valence-corrected chi connectivity index (χ0v) is 11.8. The van der Waals surface area contributed by atoms with Crippen LogP contribution < -0.4 is 0 Å². The molecular weight excluding hydrogens is 228 g/mol. The van der Waals surface area contributed by atoms with Gasteiger partial charge in [0.15, 0.2) is 0 Å². The average Bonchev–Trinajstić information content (AvgIpc) is 2.41. The van der Waals surface area contributed by atoms with Gasteiger partial charge in [-0.1, -0.05) is 13.8 Å². The normalized spacial score (nSPS) is 35.8. The summed E-state index contributed by atoms with van der Waals surface area (Å²) < 4.78 is 5.86. The van der Waals surface area contributed by atoms with E-state index in [1.165, 1.54) is 0 Å². The van der Waals surface area contributed by atoms with E-state index in [1.807, 2.05) is 0 Å². The molecule has 2 rings (SSSR count). The summed E-state index contributed by atoms with van der Waals surface area (Å²) in [5.41, 5.74) is 0. The number of ether oxygens (including phenoxy) is 1. The summed E-state index contributed by atoms with van der Waals surface area (Å²) in [7, 11) is 0. The number of aliphatic hydroxyl groups is 1. The Morgan fingerprint density at radius 2 is 2.00 bits per heavy atom. The fourth-order valence-corrected chi connectivity index (χ4v) is 3.13. The van der Waals surface area contributed by atoms with Crippen LogP contribution in [-0.4, -0.2) is 73.0 Å². The molecule has 2 aliphatic rings. The molecule has 1 N–H and O–H groups in total. The quantitative estimate of drug-likeness (QED) is 0.807. The molecule has 0 aromatic heterocycles. The van der Waals surface area contributed by atoms with Crippen molar-refractivity contribution < 1.29 is 9.84 Å². The Bertz CT molecular complexity index is 250. The van der Waals surface area contributed by atoms with Crippen LogP contribution in [0.5, 0.6) is 0 Å². The van der Waals surface area contributed by atoms with Crippen molar-refractivity contribution in [2.24, 2.45) is 5.92 Å². The highest BCUT2D eigenvalue weighted by molar-refractivity contribution is 4.82. The molecule has 2 saturated heterocycles. The molecular formula is C14H28N2O2. The van der Waals surface area contributed by atoms with E-state index < -0.39 is 0 Å². The number of rotatable bonds is 4. The Balaban J connectivity index is 1.78. The zero-order chi connectivity index (χ0) is 13.0. The van der Waals surface area contributed by atoms with Crippen LogP contribution in [0.15, 0.2) is 0 Å². The molecule has 3 atom stereocenters. The van der Waals surface area contributed by atoms with Crippen LogP contribution in [0.3, 0.4) is 0 Å². The second-order valence-electron chi connectivity index (χ2n) is 5.67. The van der Waals surface area contributed by atoms with Gasteiger partial charge in [0.2, 0.25) is 0 Å². The summed E-state index contributed by atoms with van der Waals surface area (Å²) in [6, 6.07) is 0. The predicted molar refractivity (Wildman–Crippen MR) is 72.7 cm³/mol. The molecule has 4 heteroatoms. The standard InChI is InChI=1S/C14H28N2O2/c1-3-12-9-16(6-5-14(12)17)11-13-10-15(4-2)7-8-18-13/h12-14,17H,3-11H2,1-2H3. The van der Waals surface area contributed by atoms with E-state index in [4.69, 9.17) is 4.74 Å². The molecule has 2 aliphatic heterocycles. The van der Waals surface area contributed by atoms with Crippen LogP contribution in [-0.2, 0) is 4.74 Å². The smallest absolute Gasteiger partial charge is 0.0829 e. The van der Waals surface area contributed by atoms with Gasteiger partial charge < -0.3 is 14.7 Å². The van der Waals surface area contributed by atoms with Crippen molar-refractivity contribution in [1.29, 1.82) is 0 Å². The number of likely N-dealkylation sites (N-methyl/N-ethyl adjacent to an activating group) is 1. The third-order valence-corrected chi connectivity index (χ3v) is 4.43. The fourth-order valence-electron chi connectivity index (χ4n) is 3.13. The third kappa shape index (κ3) is 3.67. The number of likely N-dealkylation sites (tertiary alicyclic amines) is 1. The van der Waals surface area contributed by atoms with Gasteiger partial charge in [0.05, 0.1) is 18.8 Å². The highest BCUT2D eigenvalue weighted by Crippen LogP contribution is 2.20. The van der Waals surface area contributed by atoms with E-state index >= 15 is 0 Å². The van der Waals surface area contributed by atoms with Crippen LogP contribution in [0.2, 0.25) is 0 Å². The van der Waals surface area contributed by atoms with Crippen molar-refractivity contribution in [2.75, 3.05) is 45.9 Å². The van der Waals surface area contributed by atoms with Gasteiger partial charge in [-0.05, 0) is 25.3 Å². The molecule has 18 heavy (non-hydrogen) atoms. The number of morpholine rings is 1. The first-order valence-corrected chi connectivity index (χ1v) is 7.47. The molecule has 0 bridgehead atoms. The number of hydrogen-bond acceptors (Lipinski definition) is 4. The third-order valence-electron chi connectivity index (χ3n) is 4.43. The lowest BCUT2D eigenvalue weighted by Crippen LogP contribution is -2.51. The second-order valence-corrected chi connectivity index (χ2v) is 5.67. The first-order chi connectivity index (χ1) is 8.72. The van der Waals surface area contributed by atoms with E-state index in [-0.39, 0.29) is 6.10 Å². The summed E-state index contributed by atoms with van der Waals surface area (Å²) in [5.74, 6) is 0.449. The number of nitrogens with zero attached hydrogens (tertiary/aromatic N) is 2. The SMILES string of the molecule is CCC1CN(CC2CN(CC)CCO2)CCC1O. The summed E-state index contributed by atoms with van der Waals surface area (Å²) >= 11 is 0. The number of aliphatic hydroxyl groups excluding tert-OH is 1. The van der Waals surface area contributed by atoms with E-state index in [0.29, 0.717) is 12.0 Å². The summed E-state index contributed by atoms with van der Waals surface area (Å²) in [5, 5.41) is 9.91. The molecule has 4 nitrogen and oxygen atoms in total. The van der Waals surface area contributed by atoms with Crippen molar-refractivity contribution in [2.45, 2.75) is 38.9 Å². The maximum atomic E-state index is 9.91. The molecule has 106 valence electrons. The van der Waals surface area contributed by atoms with Crippen LogP contribution in [0.25, 0.3) is 0 Å². The minimum atomic E-state index is -0.0920. The summed E-state index contributed by atoms with van der Waals surface area (Å²) in [4.78, 5) is 4.94. The molecule has 2 heterocycles. The first-order valence-electron chi connectivity index (χ1n) is 7.47. The van der Waals surface area contributed by atoms with E-state index in [9.17, 15) is 5.11 Å². The Morgan fingerprint density at radius 3 is 2.72 bits per heavy atom. The van der Waals surface area contributed by atoms with Crippen molar-refractivity contribution in [3.8, 4) is 0 Å². The lowest BCUT2D eigenvalue weighted by molar-refractivity contribution is -0.0562. The Hall–Kier alpha value is -0.160. The van der Waals surface area contributed by atoms with E-state index in [2.05, 4.69) is 23.6 Å². The largest absolute Gasteiger partial charge is 0.393 e. The van der Waals surface area contributed by atoms with Gasteiger partial charge in [-0.3, -0.25) is 4.90 Å². The lowest BCUT2D eigenvalue weighted by Gasteiger charge is -2.39. The monoisotopic (exact) mass is 256 g/mol. The topological polar surface area (TPSA) is 35.9 Å². The van der Waals surface area contributed by atoms with Gasteiger partial charge in [-0.15, -0.1) is 0 Å². The van der Waals surface area contributed by atoms with Gasteiger partial charge in [0.1, 0.15) is 0 Å². The van der Waals surface area contributed by atoms with Crippen LogP contribution in [0.1, 0.15) is 26.7 Å². The molecule has 0 spiro atoms. The summed E-state index contributed by atoms with van der Waals surface area (Å²) in [6.07, 6.45) is 2.25. The molecule has 0 aliphatic carbocycles. The van der Waals surface area contributed by atoms with Gasteiger partial charge in [-0.25, -0.2) is 0 Å². The van der Waals surface area contributed by atoms with Crippen LogP contribution in [0.4, 0.5) is 0 Å². The van der Waals surface area contributed by atoms with Gasteiger partial charge in [-0.2, -0.15) is 0 Å². The molecule has 0 aromatic rings. The number of piperidine rings is 1. The van der Waals surface area contributed by atoms with Crippen molar-refractivity contribution in [3.05, 3.63) is 0 Å². The maximum Gasteiger partial charge on any atom is 0.0829 e. The molecule has 2 fully saturated rings. The molecule has 0 amide bonds. The molecule has 0 saturated carbocycles. The maximum absolute atomic E-state index is 9.91. The predicted octanol–water partition coefficient (Wildman–Crippen LogP) is 0.800. The van der Waals surface area contributed by atoms with Crippen LogP contribution in [0, 0.1) is 5.92 Å². The Labute approximate surface area is 111 Å². The highest BCUT2D eigenvalue weighted by Gasteiger charge is 2.29. The van der Waals surface area contributed by atoms with Crippen molar-refractivity contribution in [3.63, 3.8) is 0 Å². The lowest BCUT2D eigenvalue weighted by atomic mass is 9.92. The van der Waals surface area contributed by atoms with E-state index in [1.54, 1.807) is 0 Å². The van der Waals surface area contributed by atoms with Gasteiger partial charge >= 0.3 is 0 Å². The average molecular weight is 256 g/mol. The number of hydrogen-bond donors (Lipinski definition) is 1.